The summed E-state index contributed by atoms with van der Waals surface area (Å²) in [6.45, 7) is 7.53. The van der Waals surface area contributed by atoms with Crippen LogP contribution in [0.5, 0.6) is 0 Å². The first kappa shape index (κ1) is 21.9. The number of sulfonamides is 1. The smallest absolute Gasteiger partial charge is 0.240 e. The predicted molar refractivity (Wildman–Crippen MR) is 115 cm³/mol. The first-order valence-corrected chi connectivity index (χ1v) is 12.2. The fourth-order valence-corrected chi connectivity index (χ4v) is 5.52. The number of aromatic nitrogens is 1. The first-order valence-electron chi connectivity index (χ1n) is 9.83. The lowest BCUT2D eigenvalue weighted by Crippen LogP contribution is -2.38. The van der Waals surface area contributed by atoms with E-state index in [4.69, 9.17) is 0 Å². The molecule has 0 saturated carbocycles. The number of carbonyl (C=O) groups excluding carboxylic acids is 1. The number of amides is 1. The van der Waals surface area contributed by atoms with Crippen LogP contribution in [0.1, 0.15) is 32.4 Å². The van der Waals surface area contributed by atoms with Gasteiger partial charge >= 0.3 is 0 Å². The fraction of sp³-hybridized carbons (Fsp3) is 0.500. The Bertz CT molecular complexity index is 905. The second-order valence-corrected chi connectivity index (χ2v) is 10.4. The second kappa shape index (κ2) is 9.80. The summed E-state index contributed by atoms with van der Waals surface area (Å²) >= 11 is 1.40. The molecule has 0 bridgehead atoms. The van der Waals surface area contributed by atoms with Gasteiger partial charge in [0.1, 0.15) is 0 Å². The van der Waals surface area contributed by atoms with Crippen LogP contribution in [-0.2, 0) is 21.4 Å². The number of piperidine rings is 1. The summed E-state index contributed by atoms with van der Waals surface area (Å²) in [5, 5.41) is 5.28. The summed E-state index contributed by atoms with van der Waals surface area (Å²) < 4.78 is 26.8. The highest BCUT2D eigenvalue weighted by Gasteiger charge is 2.22. The molecule has 2 aromatic rings. The van der Waals surface area contributed by atoms with Gasteiger partial charge in [-0.3, -0.25) is 9.69 Å². The van der Waals surface area contributed by atoms with Gasteiger partial charge in [-0.25, -0.2) is 18.1 Å². The third-order valence-corrected chi connectivity index (χ3v) is 7.11. The lowest BCUT2D eigenvalue weighted by Gasteiger charge is -2.34. The number of likely N-dealkylation sites (tertiary alicyclic amines) is 1. The topological polar surface area (TPSA) is 91.4 Å². The van der Waals surface area contributed by atoms with Gasteiger partial charge in [0.15, 0.2) is 5.13 Å². The van der Waals surface area contributed by atoms with Crippen molar-refractivity contribution in [2.24, 2.45) is 11.8 Å². The maximum atomic E-state index is 12.2. The predicted octanol–water partition coefficient (Wildman–Crippen LogP) is 2.93. The van der Waals surface area contributed by atoms with E-state index in [1.165, 1.54) is 29.9 Å². The van der Waals surface area contributed by atoms with E-state index < -0.39 is 10.0 Å². The number of carbonyl (C=O) groups is 1. The summed E-state index contributed by atoms with van der Waals surface area (Å²) in [6.07, 6.45) is 1.31. The van der Waals surface area contributed by atoms with Gasteiger partial charge in [-0.2, -0.15) is 0 Å². The third-order valence-electron chi connectivity index (χ3n) is 4.83. The standard InChI is InChI=1S/C20H28N4O3S2/c1-15-10-16(2)12-24(11-15)13-17-14-28-20(22-17)23-19(25)8-9-21-29(26,27)18-6-4-3-5-7-18/h3-7,14-16,21H,8-13H2,1-2H3,(H,22,23,25). The molecule has 7 nitrogen and oxygen atoms in total. The van der Waals surface area contributed by atoms with E-state index in [1.54, 1.807) is 18.2 Å². The van der Waals surface area contributed by atoms with Crippen molar-refractivity contribution in [1.29, 1.82) is 0 Å². The number of nitrogens with zero attached hydrogens (tertiary/aromatic N) is 2. The highest BCUT2D eigenvalue weighted by atomic mass is 32.2. The lowest BCUT2D eigenvalue weighted by atomic mass is 9.92. The monoisotopic (exact) mass is 436 g/mol. The van der Waals surface area contributed by atoms with Gasteiger partial charge < -0.3 is 5.32 Å². The molecule has 2 unspecified atom stereocenters. The molecule has 9 heteroatoms. The molecular weight excluding hydrogens is 408 g/mol. The normalized spacial score (nSPS) is 20.5. The second-order valence-electron chi connectivity index (χ2n) is 7.79. The van der Waals surface area contributed by atoms with Crippen molar-refractivity contribution < 1.29 is 13.2 Å². The summed E-state index contributed by atoms with van der Waals surface area (Å²) in [4.78, 5) is 19.2. The Labute approximate surface area is 176 Å². The average Bonchev–Trinajstić information content (AvgIpc) is 3.08. The van der Waals surface area contributed by atoms with E-state index in [0.29, 0.717) is 17.0 Å². The largest absolute Gasteiger partial charge is 0.302 e. The Kier molecular flexibility index (Phi) is 7.39. The van der Waals surface area contributed by atoms with E-state index in [1.807, 2.05) is 5.38 Å². The number of benzene rings is 1. The molecule has 1 aromatic heterocycles. The van der Waals surface area contributed by atoms with Gasteiger partial charge in [0.05, 0.1) is 10.6 Å². The molecule has 1 aliphatic heterocycles. The highest BCUT2D eigenvalue weighted by Crippen LogP contribution is 2.24. The fourth-order valence-electron chi connectivity index (χ4n) is 3.75. The molecule has 1 saturated heterocycles. The van der Waals surface area contributed by atoms with Crippen molar-refractivity contribution in [3.63, 3.8) is 0 Å². The molecule has 158 valence electrons. The van der Waals surface area contributed by atoms with Crippen molar-refractivity contribution in [2.75, 3.05) is 25.0 Å². The third kappa shape index (κ3) is 6.60. The van der Waals surface area contributed by atoms with Crippen molar-refractivity contribution in [3.05, 3.63) is 41.4 Å². The molecule has 2 N–H and O–H groups in total. The molecule has 3 rings (SSSR count). The van der Waals surface area contributed by atoms with Crippen LogP contribution < -0.4 is 10.0 Å². The zero-order valence-corrected chi connectivity index (χ0v) is 18.4. The minimum atomic E-state index is -3.60. The highest BCUT2D eigenvalue weighted by molar-refractivity contribution is 7.89. The van der Waals surface area contributed by atoms with Crippen LogP contribution in [0.3, 0.4) is 0 Å². The van der Waals surface area contributed by atoms with Gasteiger partial charge in [-0.1, -0.05) is 32.0 Å². The van der Waals surface area contributed by atoms with Crippen LogP contribution in [0, 0.1) is 11.8 Å². The van der Waals surface area contributed by atoms with Crippen molar-refractivity contribution >= 4 is 32.4 Å². The van der Waals surface area contributed by atoms with Gasteiger partial charge in [-0.05, 0) is 30.4 Å². The Morgan fingerprint density at radius 2 is 1.90 bits per heavy atom. The maximum absolute atomic E-state index is 12.2. The number of nitrogens with one attached hydrogen (secondary N) is 2. The van der Waals surface area contributed by atoms with Gasteiger partial charge in [0.25, 0.3) is 0 Å². The molecule has 1 fully saturated rings. The molecule has 2 heterocycles. The van der Waals surface area contributed by atoms with Gasteiger partial charge in [0.2, 0.25) is 15.9 Å². The number of hydrogen-bond acceptors (Lipinski definition) is 6. The van der Waals surface area contributed by atoms with E-state index in [9.17, 15) is 13.2 Å². The first-order chi connectivity index (χ1) is 13.8. The molecule has 1 aliphatic rings. The summed E-state index contributed by atoms with van der Waals surface area (Å²) in [5.74, 6) is 1.12. The van der Waals surface area contributed by atoms with Crippen molar-refractivity contribution in [3.8, 4) is 0 Å². The Morgan fingerprint density at radius 3 is 2.59 bits per heavy atom. The molecule has 1 amide bonds. The number of hydrogen-bond donors (Lipinski definition) is 2. The van der Waals surface area contributed by atoms with E-state index in [-0.39, 0.29) is 23.8 Å². The van der Waals surface area contributed by atoms with Crippen LogP contribution in [0.4, 0.5) is 5.13 Å². The molecular formula is C20H28N4O3S2. The Morgan fingerprint density at radius 1 is 1.21 bits per heavy atom. The molecule has 0 radical (unpaired) electrons. The van der Waals surface area contributed by atoms with E-state index >= 15 is 0 Å². The number of thiazole rings is 1. The van der Waals surface area contributed by atoms with Gasteiger partial charge in [-0.15, -0.1) is 11.3 Å². The Balaban J connectivity index is 1.44. The van der Waals surface area contributed by atoms with E-state index in [2.05, 4.69) is 33.8 Å². The average molecular weight is 437 g/mol. The number of rotatable bonds is 8. The van der Waals surface area contributed by atoms with Crippen LogP contribution in [-0.4, -0.2) is 43.8 Å². The van der Waals surface area contributed by atoms with Crippen molar-refractivity contribution in [1.82, 2.24) is 14.6 Å². The zero-order chi connectivity index (χ0) is 20.9. The van der Waals surface area contributed by atoms with Crippen LogP contribution >= 0.6 is 11.3 Å². The maximum Gasteiger partial charge on any atom is 0.240 e. The minimum absolute atomic E-state index is 0.0326. The lowest BCUT2D eigenvalue weighted by molar-refractivity contribution is -0.116. The summed E-state index contributed by atoms with van der Waals surface area (Å²) in [5.41, 5.74) is 0.955. The summed E-state index contributed by atoms with van der Waals surface area (Å²) in [7, 11) is -3.60. The molecule has 2 atom stereocenters. The van der Waals surface area contributed by atoms with Crippen molar-refractivity contribution in [2.45, 2.75) is 38.1 Å². The molecule has 0 aliphatic carbocycles. The van der Waals surface area contributed by atoms with Crippen LogP contribution in [0.2, 0.25) is 0 Å². The quantitative estimate of drug-likeness (QED) is 0.664. The molecule has 0 spiro atoms. The van der Waals surface area contributed by atoms with Crippen LogP contribution in [0.25, 0.3) is 0 Å². The SMILES string of the molecule is CC1CC(C)CN(Cc2csc(NC(=O)CCNS(=O)(=O)c3ccccc3)n2)C1. The van der Waals surface area contributed by atoms with Gasteiger partial charge in [0, 0.05) is 38.0 Å². The zero-order valence-electron chi connectivity index (χ0n) is 16.8. The van der Waals surface area contributed by atoms with Crippen LogP contribution in [0.15, 0.2) is 40.6 Å². The molecule has 29 heavy (non-hydrogen) atoms. The summed E-state index contributed by atoms with van der Waals surface area (Å²) in [6, 6.07) is 8.10. The minimum Gasteiger partial charge on any atom is -0.302 e. The molecule has 1 aromatic carbocycles. The number of anilines is 1. The Hall–Kier alpha value is -1.81. The van der Waals surface area contributed by atoms with E-state index in [0.717, 1.165) is 25.3 Å².